The van der Waals surface area contributed by atoms with Gasteiger partial charge in [-0.2, -0.15) is 11.8 Å². The van der Waals surface area contributed by atoms with E-state index < -0.39 is 47.9 Å². The molecular weight excluding hydrogens is 482 g/mol. The average Bonchev–Trinajstić information content (AvgIpc) is 3.22. The summed E-state index contributed by atoms with van der Waals surface area (Å²) in [6.07, 6.45) is 4.39. The molecule has 4 unspecified atom stereocenters. The summed E-state index contributed by atoms with van der Waals surface area (Å²) in [6, 6.07) is 3.76. The maximum Gasteiger partial charge on any atom is 0.326 e. The molecule has 198 valence electrons. The zero-order chi connectivity index (χ0) is 26.8. The van der Waals surface area contributed by atoms with Gasteiger partial charge in [0.05, 0.1) is 6.04 Å². The number of aromatic nitrogens is 1. The van der Waals surface area contributed by atoms with Crippen molar-refractivity contribution in [2.75, 3.05) is 12.0 Å². The van der Waals surface area contributed by atoms with Gasteiger partial charge in [0.2, 0.25) is 17.7 Å². The molecule has 1 heterocycles. The van der Waals surface area contributed by atoms with Crippen LogP contribution in [0.25, 0.3) is 10.9 Å². The Hall–Kier alpha value is -3.05. The first-order valence-electron chi connectivity index (χ1n) is 12.0. The maximum atomic E-state index is 13.4. The number of aliphatic carboxylic acids is 1. The van der Waals surface area contributed by atoms with Crippen LogP contribution in [0.4, 0.5) is 0 Å². The summed E-state index contributed by atoms with van der Waals surface area (Å²) in [5.41, 5.74) is 7.43. The summed E-state index contributed by atoms with van der Waals surface area (Å²) in [5.74, 6) is -2.13. The molecular formula is C25H37N5O5S. The summed E-state index contributed by atoms with van der Waals surface area (Å²) in [4.78, 5) is 53.6. The van der Waals surface area contributed by atoms with Crippen LogP contribution >= 0.6 is 11.8 Å². The van der Waals surface area contributed by atoms with Gasteiger partial charge in [0, 0.05) is 23.5 Å². The van der Waals surface area contributed by atoms with Crippen LogP contribution in [0.1, 0.15) is 39.2 Å². The lowest BCUT2D eigenvalue weighted by molar-refractivity contribution is -0.142. The summed E-state index contributed by atoms with van der Waals surface area (Å²) in [6.45, 7) is 5.25. The fourth-order valence-corrected chi connectivity index (χ4v) is 4.25. The Kier molecular flexibility index (Phi) is 11.3. The van der Waals surface area contributed by atoms with E-state index in [2.05, 4.69) is 20.9 Å². The molecule has 2 rings (SSSR count). The number of aromatic amines is 1. The van der Waals surface area contributed by atoms with Crippen molar-refractivity contribution in [2.24, 2.45) is 11.7 Å². The van der Waals surface area contributed by atoms with Gasteiger partial charge < -0.3 is 31.8 Å². The molecule has 0 aliphatic rings. The highest BCUT2D eigenvalue weighted by Gasteiger charge is 2.30. The fraction of sp³-hybridized carbons (Fsp3) is 0.520. The van der Waals surface area contributed by atoms with Crippen LogP contribution in [0.5, 0.6) is 0 Å². The standard InChI is InChI=1S/C25H37N5O5S/c1-14(2)11-21(25(34)35)30-23(32)19(9-10-36-4)28-24(33)20(29-22(31)15(3)26)12-16-13-27-18-8-6-5-7-17(16)18/h5-8,13-15,19-21,27H,9-12,26H2,1-4H3,(H,28,33)(H,29,31)(H,30,32)(H,34,35). The van der Waals surface area contributed by atoms with Crippen LogP contribution in [-0.4, -0.2) is 70.0 Å². The Labute approximate surface area is 215 Å². The molecule has 36 heavy (non-hydrogen) atoms. The van der Waals surface area contributed by atoms with Gasteiger partial charge in [-0.15, -0.1) is 0 Å². The Balaban J connectivity index is 2.25. The van der Waals surface area contributed by atoms with Crippen molar-refractivity contribution in [3.05, 3.63) is 36.0 Å². The lowest BCUT2D eigenvalue weighted by Gasteiger charge is -2.25. The van der Waals surface area contributed by atoms with E-state index >= 15 is 0 Å². The summed E-state index contributed by atoms with van der Waals surface area (Å²) >= 11 is 1.50. The molecule has 1 aromatic carbocycles. The quantitative estimate of drug-likeness (QED) is 0.219. The summed E-state index contributed by atoms with van der Waals surface area (Å²) in [5, 5.41) is 18.4. The predicted molar refractivity (Wildman–Crippen MR) is 142 cm³/mol. The Morgan fingerprint density at radius 3 is 2.19 bits per heavy atom. The number of carbonyl (C=O) groups is 4. The number of nitrogens with one attached hydrogen (secondary N) is 4. The van der Waals surface area contributed by atoms with E-state index in [0.29, 0.717) is 12.2 Å². The molecule has 7 N–H and O–H groups in total. The topological polar surface area (TPSA) is 166 Å². The smallest absolute Gasteiger partial charge is 0.326 e. The lowest BCUT2D eigenvalue weighted by Crippen LogP contribution is -2.57. The van der Waals surface area contributed by atoms with E-state index in [1.807, 2.05) is 44.4 Å². The van der Waals surface area contributed by atoms with Crippen LogP contribution in [0, 0.1) is 5.92 Å². The van der Waals surface area contributed by atoms with Crippen molar-refractivity contribution < 1.29 is 24.3 Å². The number of rotatable bonds is 14. The number of nitrogens with two attached hydrogens (primary N) is 1. The van der Waals surface area contributed by atoms with Crippen LogP contribution in [0.2, 0.25) is 0 Å². The average molecular weight is 520 g/mol. The molecule has 0 fully saturated rings. The van der Waals surface area contributed by atoms with Crippen LogP contribution in [0.3, 0.4) is 0 Å². The molecule has 0 saturated heterocycles. The second-order valence-corrected chi connectivity index (χ2v) is 10.3. The molecule has 11 heteroatoms. The zero-order valence-corrected chi connectivity index (χ0v) is 22.0. The third kappa shape index (κ3) is 8.56. The van der Waals surface area contributed by atoms with E-state index in [-0.39, 0.29) is 18.8 Å². The molecule has 0 spiro atoms. The molecule has 3 amide bonds. The van der Waals surface area contributed by atoms with Gasteiger partial charge in [-0.25, -0.2) is 4.79 Å². The van der Waals surface area contributed by atoms with E-state index in [1.54, 1.807) is 6.20 Å². The Bertz CT molecular complexity index is 1050. The first-order chi connectivity index (χ1) is 17.0. The fourth-order valence-electron chi connectivity index (χ4n) is 3.77. The molecule has 10 nitrogen and oxygen atoms in total. The van der Waals surface area contributed by atoms with E-state index in [4.69, 9.17) is 5.73 Å². The van der Waals surface area contributed by atoms with Gasteiger partial charge in [0.15, 0.2) is 0 Å². The third-order valence-electron chi connectivity index (χ3n) is 5.71. The normalized spacial score (nSPS) is 14.6. The van der Waals surface area contributed by atoms with Gasteiger partial charge >= 0.3 is 5.97 Å². The van der Waals surface area contributed by atoms with Crippen molar-refractivity contribution >= 4 is 46.4 Å². The molecule has 2 aromatic rings. The van der Waals surface area contributed by atoms with Crippen molar-refractivity contribution in [2.45, 2.75) is 64.2 Å². The molecule has 0 aliphatic carbocycles. The van der Waals surface area contributed by atoms with Crippen molar-refractivity contribution in [1.82, 2.24) is 20.9 Å². The van der Waals surface area contributed by atoms with E-state index in [9.17, 15) is 24.3 Å². The zero-order valence-electron chi connectivity index (χ0n) is 21.2. The molecule has 0 saturated carbocycles. The molecule has 0 bridgehead atoms. The molecule has 0 aliphatic heterocycles. The second-order valence-electron chi connectivity index (χ2n) is 9.29. The Morgan fingerprint density at radius 1 is 0.972 bits per heavy atom. The monoisotopic (exact) mass is 519 g/mol. The van der Waals surface area contributed by atoms with Crippen molar-refractivity contribution in [1.29, 1.82) is 0 Å². The largest absolute Gasteiger partial charge is 0.480 e. The highest BCUT2D eigenvalue weighted by atomic mass is 32.2. The third-order valence-corrected chi connectivity index (χ3v) is 6.35. The van der Waals surface area contributed by atoms with Crippen LogP contribution < -0.4 is 21.7 Å². The minimum Gasteiger partial charge on any atom is -0.480 e. The van der Waals surface area contributed by atoms with Crippen LogP contribution in [0.15, 0.2) is 30.5 Å². The maximum absolute atomic E-state index is 13.4. The number of para-hydroxylation sites is 1. The first kappa shape index (κ1) is 29.2. The number of carbonyl (C=O) groups excluding carboxylic acids is 3. The number of benzene rings is 1. The van der Waals surface area contributed by atoms with Gasteiger partial charge in [-0.3, -0.25) is 14.4 Å². The number of thioether (sulfide) groups is 1. The molecule has 4 atom stereocenters. The van der Waals surface area contributed by atoms with Gasteiger partial charge in [-0.05, 0) is 49.3 Å². The number of fused-ring (bicyclic) bond motifs is 1. The lowest BCUT2D eigenvalue weighted by atomic mass is 10.0. The summed E-state index contributed by atoms with van der Waals surface area (Å²) in [7, 11) is 0. The number of H-pyrrole nitrogens is 1. The number of hydrogen-bond donors (Lipinski definition) is 6. The molecule has 0 radical (unpaired) electrons. The van der Waals surface area contributed by atoms with Crippen LogP contribution in [-0.2, 0) is 25.6 Å². The van der Waals surface area contributed by atoms with Gasteiger partial charge in [0.1, 0.15) is 18.1 Å². The van der Waals surface area contributed by atoms with E-state index in [0.717, 1.165) is 16.5 Å². The minimum absolute atomic E-state index is 0.0552. The Morgan fingerprint density at radius 2 is 1.58 bits per heavy atom. The van der Waals surface area contributed by atoms with Gasteiger partial charge in [0.25, 0.3) is 0 Å². The molecule has 1 aromatic heterocycles. The predicted octanol–water partition coefficient (Wildman–Crippen LogP) is 1.40. The first-order valence-corrected chi connectivity index (χ1v) is 13.4. The number of carboxylic acids is 1. The summed E-state index contributed by atoms with van der Waals surface area (Å²) < 4.78 is 0. The minimum atomic E-state index is -1.13. The highest BCUT2D eigenvalue weighted by Crippen LogP contribution is 2.19. The number of carboxylic acid groups (broad SMARTS) is 1. The highest BCUT2D eigenvalue weighted by molar-refractivity contribution is 7.98. The number of amides is 3. The van der Waals surface area contributed by atoms with Gasteiger partial charge in [-0.1, -0.05) is 32.0 Å². The SMILES string of the molecule is CSCCC(NC(=O)C(Cc1c[nH]c2ccccc12)NC(=O)C(C)N)C(=O)NC(CC(C)C)C(=O)O. The number of hydrogen-bond acceptors (Lipinski definition) is 6. The van der Waals surface area contributed by atoms with Crippen molar-refractivity contribution in [3.8, 4) is 0 Å². The second kappa shape index (κ2) is 13.9. The van der Waals surface area contributed by atoms with E-state index in [1.165, 1.54) is 18.7 Å². The van der Waals surface area contributed by atoms with Crippen molar-refractivity contribution in [3.63, 3.8) is 0 Å².